The van der Waals surface area contributed by atoms with Crippen molar-refractivity contribution in [2.75, 3.05) is 0 Å². The predicted octanol–water partition coefficient (Wildman–Crippen LogP) is 1.53. The molecule has 62 valence electrons. The second-order valence-corrected chi connectivity index (χ2v) is 4.46. The molecule has 11 heavy (non-hydrogen) atoms. The highest BCUT2D eigenvalue weighted by molar-refractivity contribution is 5.90. The first-order valence-corrected chi connectivity index (χ1v) is 4.17. The monoisotopic (exact) mass is 154 g/mol. The Kier molecular flexibility index (Phi) is 1.12. The fourth-order valence-electron chi connectivity index (χ4n) is 2.35. The molecule has 0 amide bonds. The van der Waals surface area contributed by atoms with Crippen LogP contribution in [0.4, 0.5) is 0 Å². The van der Waals surface area contributed by atoms with Gasteiger partial charge in [0.25, 0.3) is 0 Å². The smallest absolute Gasteiger partial charge is 0.164 e. The molecule has 1 aliphatic heterocycles. The molecule has 2 fully saturated rings. The van der Waals surface area contributed by atoms with Crippen molar-refractivity contribution in [3.05, 3.63) is 0 Å². The van der Waals surface area contributed by atoms with Gasteiger partial charge in [0.2, 0.25) is 0 Å². The van der Waals surface area contributed by atoms with Crippen molar-refractivity contribution < 1.29 is 9.53 Å². The largest absolute Gasteiger partial charge is 0.361 e. The Hall–Kier alpha value is -0.370. The normalized spacial score (nSPS) is 46.8. The summed E-state index contributed by atoms with van der Waals surface area (Å²) >= 11 is 0. The van der Waals surface area contributed by atoms with E-state index in [4.69, 9.17) is 4.74 Å². The molecule has 1 aliphatic carbocycles. The van der Waals surface area contributed by atoms with Crippen molar-refractivity contribution in [1.82, 2.24) is 0 Å². The number of hydrogen-bond donors (Lipinski definition) is 0. The minimum absolute atomic E-state index is 0.0668. The molecule has 2 unspecified atom stereocenters. The molecule has 2 heteroatoms. The van der Waals surface area contributed by atoms with E-state index in [1.807, 2.05) is 6.92 Å². The first-order chi connectivity index (χ1) is 4.94. The van der Waals surface area contributed by atoms with Crippen LogP contribution in [0.2, 0.25) is 0 Å². The topological polar surface area (TPSA) is 26.3 Å². The molecular weight excluding hydrogens is 140 g/mol. The van der Waals surface area contributed by atoms with E-state index in [1.54, 1.807) is 0 Å². The van der Waals surface area contributed by atoms with E-state index in [0.29, 0.717) is 11.7 Å². The molecule has 1 heterocycles. The van der Waals surface area contributed by atoms with Crippen molar-refractivity contribution in [2.24, 2.45) is 5.92 Å². The molecule has 1 saturated heterocycles. The first-order valence-electron chi connectivity index (χ1n) is 4.17. The van der Waals surface area contributed by atoms with Gasteiger partial charge in [-0.25, -0.2) is 0 Å². The maximum Gasteiger partial charge on any atom is 0.164 e. The number of rotatable bonds is 0. The zero-order valence-electron chi connectivity index (χ0n) is 7.31. The highest BCUT2D eigenvalue weighted by Crippen LogP contribution is 2.50. The lowest BCUT2D eigenvalue weighted by atomic mass is 9.91. The highest BCUT2D eigenvalue weighted by Gasteiger charge is 2.58. The Bertz CT molecular complexity index is 220. The molecule has 0 spiro atoms. The van der Waals surface area contributed by atoms with E-state index in [-0.39, 0.29) is 5.60 Å². The number of fused-ring (bicyclic) bond motifs is 2. The van der Waals surface area contributed by atoms with Gasteiger partial charge in [0.05, 0.1) is 5.60 Å². The molecule has 2 rings (SSSR count). The van der Waals surface area contributed by atoms with Crippen LogP contribution in [0.1, 0.15) is 33.6 Å². The molecule has 2 bridgehead atoms. The summed E-state index contributed by atoms with van der Waals surface area (Å²) in [6, 6.07) is 0. The van der Waals surface area contributed by atoms with E-state index in [2.05, 4.69) is 13.8 Å². The summed E-state index contributed by atoms with van der Waals surface area (Å²) in [5.41, 5.74) is -0.503. The molecule has 0 N–H and O–H groups in total. The molecule has 0 radical (unpaired) electrons. The number of carbonyl (C=O) groups is 1. The molecule has 2 nitrogen and oxygen atoms in total. The standard InChI is InChI=1S/C9H14O2/c1-8(2)6-4-7(10)9(3,5-6)11-8/h6H,4-5H2,1-3H3. The number of hydrogen-bond acceptors (Lipinski definition) is 2. The number of ketones is 1. The Morgan fingerprint density at radius 3 is 2.36 bits per heavy atom. The fraction of sp³-hybridized carbons (Fsp3) is 0.889. The van der Waals surface area contributed by atoms with Crippen LogP contribution in [0.5, 0.6) is 0 Å². The summed E-state index contributed by atoms with van der Waals surface area (Å²) in [7, 11) is 0. The maximum absolute atomic E-state index is 11.3. The number of Topliss-reactive ketones (excluding diaryl/α,β-unsaturated/α-hetero) is 1. The summed E-state index contributed by atoms with van der Waals surface area (Å²) in [6.07, 6.45) is 1.66. The minimum Gasteiger partial charge on any atom is -0.361 e. The lowest BCUT2D eigenvalue weighted by Crippen LogP contribution is -2.41. The number of ether oxygens (including phenoxy) is 1. The Morgan fingerprint density at radius 2 is 2.09 bits per heavy atom. The molecule has 0 aromatic carbocycles. The van der Waals surface area contributed by atoms with Crippen LogP contribution in [0.25, 0.3) is 0 Å². The molecule has 1 saturated carbocycles. The van der Waals surface area contributed by atoms with Gasteiger partial charge in [0, 0.05) is 6.42 Å². The quantitative estimate of drug-likeness (QED) is 0.529. The Balaban J connectivity index is 2.34. The molecule has 0 aromatic rings. The first kappa shape index (κ1) is 7.29. The Morgan fingerprint density at radius 1 is 1.45 bits per heavy atom. The van der Waals surface area contributed by atoms with Gasteiger partial charge in [-0.2, -0.15) is 0 Å². The summed E-state index contributed by atoms with van der Waals surface area (Å²) in [5, 5.41) is 0. The molecular formula is C9H14O2. The average molecular weight is 154 g/mol. The molecule has 0 aromatic heterocycles. The maximum atomic E-state index is 11.3. The molecule has 2 atom stereocenters. The predicted molar refractivity (Wildman–Crippen MR) is 41.3 cm³/mol. The lowest BCUT2D eigenvalue weighted by molar-refractivity contribution is -0.157. The third-order valence-corrected chi connectivity index (χ3v) is 3.13. The van der Waals surface area contributed by atoms with Crippen LogP contribution < -0.4 is 0 Å². The number of carbonyl (C=O) groups excluding carboxylic acids is 1. The van der Waals surface area contributed by atoms with Gasteiger partial charge >= 0.3 is 0 Å². The average Bonchev–Trinajstić information content (AvgIpc) is 2.16. The van der Waals surface area contributed by atoms with Gasteiger partial charge in [0.15, 0.2) is 5.78 Å². The third-order valence-electron chi connectivity index (χ3n) is 3.13. The van der Waals surface area contributed by atoms with Gasteiger partial charge < -0.3 is 4.74 Å². The van der Waals surface area contributed by atoms with Gasteiger partial charge in [-0.3, -0.25) is 4.79 Å². The van der Waals surface area contributed by atoms with Crippen molar-refractivity contribution >= 4 is 5.78 Å². The fourth-order valence-corrected chi connectivity index (χ4v) is 2.35. The van der Waals surface area contributed by atoms with Crippen LogP contribution in [-0.2, 0) is 9.53 Å². The van der Waals surface area contributed by atoms with Crippen molar-refractivity contribution in [3.8, 4) is 0 Å². The SMILES string of the molecule is CC12CC(CC1=O)C(C)(C)O2. The summed E-state index contributed by atoms with van der Waals surface area (Å²) in [6.45, 7) is 6.08. The van der Waals surface area contributed by atoms with Crippen molar-refractivity contribution in [2.45, 2.75) is 44.8 Å². The zero-order valence-corrected chi connectivity index (χ0v) is 7.31. The van der Waals surface area contributed by atoms with Gasteiger partial charge in [-0.1, -0.05) is 0 Å². The van der Waals surface area contributed by atoms with E-state index in [9.17, 15) is 4.79 Å². The van der Waals surface area contributed by atoms with Crippen LogP contribution >= 0.6 is 0 Å². The highest BCUT2D eigenvalue weighted by atomic mass is 16.5. The van der Waals surface area contributed by atoms with Crippen LogP contribution in [0.3, 0.4) is 0 Å². The molecule has 2 aliphatic rings. The Labute approximate surface area is 66.9 Å². The summed E-state index contributed by atoms with van der Waals surface area (Å²) in [5.74, 6) is 0.752. The van der Waals surface area contributed by atoms with Crippen LogP contribution in [0.15, 0.2) is 0 Å². The van der Waals surface area contributed by atoms with Gasteiger partial charge in [0.1, 0.15) is 5.60 Å². The zero-order chi connectivity index (χ0) is 8.28. The van der Waals surface area contributed by atoms with Gasteiger partial charge in [-0.05, 0) is 33.1 Å². The lowest BCUT2D eigenvalue weighted by Gasteiger charge is -2.32. The van der Waals surface area contributed by atoms with Crippen LogP contribution in [-0.4, -0.2) is 17.0 Å². The van der Waals surface area contributed by atoms with E-state index in [1.165, 1.54) is 0 Å². The van der Waals surface area contributed by atoms with E-state index < -0.39 is 5.60 Å². The van der Waals surface area contributed by atoms with Crippen LogP contribution in [0, 0.1) is 5.92 Å². The third kappa shape index (κ3) is 0.791. The minimum atomic E-state index is -0.436. The van der Waals surface area contributed by atoms with E-state index in [0.717, 1.165) is 12.8 Å². The summed E-state index contributed by atoms with van der Waals surface area (Å²) in [4.78, 5) is 11.3. The summed E-state index contributed by atoms with van der Waals surface area (Å²) < 4.78 is 5.70. The second-order valence-electron chi connectivity index (χ2n) is 4.46. The van der Waals surface area contributed by atoms with Crippen molar-refractivity contribution in [3.63, 3.8) is 0 Å². The van der Waals surface area contributed by atoms with E-state index >= 15 is 0 Å². The second kappa shape index (κ2) is 1.69. The van der Waals surface area contributed by atoms with Gasteiger partial charge in [-0.15, -0.1) is 0 Å². The van der Waals surface area contributed by atoms with Crippen molar-refractivity contribution in [1.29, 1.82) is 0 Å².